The van der Waals surface area contributed by atoms with Crippen LogP contribution in [0.3, 0.4) is 0 Å². The van der Waals surface area contributed by atoms with Crippen LogP contribution >= 0.6 is 0 Å². The lowest BCUT2D eigenvalue weighted by molar-refractivity contribution is 1.56. The van der Waals surface area contributed by atoms with Gasteiger partial charge >= 0.3 is 0 Å². The smallest absolute Gasteiger partial charge is 0.00199 e. The quantitative estimate of drug-likeness (QED) is 0.153. The van der Waals surface area contributed by atoms with Crippen LogP contribution in [0.4, 0.5) is 0 Å². The van der Waals surface area contributed by atoms with Crippen LogP contribution in [0.1, 0.15) is 0 Å². The van der Waals surface area contributed by atoms with Crippen LogP contribution in [0.2, 0.25) is 0 Å². The van der Waals surface area contributed by atoms with Gasteiger partial charge in [-0.1, -0.05) is 200 Å². The van der Waals surface area contributed by atoms with E-state index in [0.29, 0.717) is 0 Å². The minimum absolute atomic E-state index is 1.19. The van der Waals surface area contributed by atoms with Crippen LogP contribution in [-0.2, 0) is 0 Å². The van der Waals surface area contributed by atoms with Crippen LogP contribution in [0.25, 0.3) is 99.1 Å². The standard InChI is InChI=1S/C54H36/c1-3-14-37(15-4-1)43-20-13-21-46(35-43)47-33-32-45(40-28-26-39(27-29-40)44-31-30-38-16-7-8-19-42(38)34-44)36-52(47)54-50-24-11-9-22-48(50)53(41-17-5-2-6-18-41)49-23-10-12-25-51(49)54/h1-36H. The lowest BCUT2D eigenvalue weighted by Gasteiger charge is -2.21. The minimum atomic E-state index is 1.19. The van der Waals surface area contributed by atoms with Crippen molar-refractivity contribution in [1.82, 2.24) is 0 Å². The number of fused-ring (bicyclic) bond motifs is 3. The molecule has 10 aromatic rings. The Balaban J connectivity index is 1.20. The van der Waals surface area contributed by atoms with Crippen LogP contribution in [0.5, 0.6) is 0 Å². The number of benzene rings is 10. The first kappa shape index (κ1) is 31.7. The third-order valence-corrected chi connectivity index (χ3v) is 10.9. The number of hydrogen-bond donors (Lipinski definition) is 0. The van der Waals surface area contributed by atoms with E-state index in [1.807, 2.05) is 0 Å². The zero-order valence-electron chi connectivity index (χ0n) is 29.8. The highest BCUT2D eigenvalue weighted by Gasteiger charge is 2.20. The first-order valence-electron chi connectivity index (χ1n) is 18.7. The average molecular weight is 685 g/mol. The second kappa shape index (κ2) is 13.5. The molecule has 0 heterocycles. The zero-order chi connectivity index (χ0) is 35.8. The first-order chi connectivity index (χ1) is 26.8. The predicted octanol–water partition coefficient (Wildman–Crippen LogP) is 15.1. The molecular formula is C54H36. The summed E-state index contributed by atoms with van der Waals surface area (Å²) in [5.74, 6) is 0. The van der Waals surface area contributed by atoms with Crippen LogP contribution in [0.15, 0.2) is 218 Å². The molecule has 0 aromatic heterocycles. The fraction of sp³-hybridized carbons (Fsp3) is 0. The summed E-state index contributed by atoms with van der Waals surface area (Å²) in [7, 11) is 0. The van der Waals surface area contributed by atoms with E-state index in [1.54, 1.807) is 0 Å². The highest BCUT2D eigenvalue weighted by atomic mass is 14.2. The topological polar surface area (TPSA) is 0 Å². The van der Waals surface area contributed by atoms with Crippen LogP contribution in [0, 0.1) is 0 Å². The van der Waals surface area contributed by atoms with Gasteiger partial charge in [-0.05, 0) is 117 Å². The molecule has 0 unspecified atom stereocenters. The molecular weight excluding hydrogens is 649 g/mol. The minimum Gasteiger partial charge on any atom is -0.0622 e. The van der Waals surface area contributed by atoms with Crippen molar-refractivity contribution in [1.29, 1.82) is 0 Å². The van der Waals surface area contributed by atoms with E-state index in [-0.39, 0.29) is 0 Å². The number of rotatable bonds is 6. The molecule has 0 aliphatic heterocycles. The molecule has 0 saturated carbocycles. The summed E-state index contributed by atoms with van der Waals surface area (Å²) >= 11 is 0. The zero-order valence-corrected chi connectivity index (χ0v) is 29.8. The number of hydrogen-bond acceptors (Lipinski definition) is 0. The highest BCUT2D eigenvalue weighted by molar-refractivity contribution is 6.22. The van der Waals surface area contributed by atoms with E-state index < -0.39 is 0 Å². The molecule has 0 N–H and O–H groups in total. The normalized spacial score (nSPS) is 11.3. The van der Waals surface area contributed by atoms with Crippen molar-refractivity contribution < 1.29 is 0 Å². The fourth-order valence-corrected chi connectivity index (χ4v) is 8.24. The first-order valence-corrected chi connectivity index (χ1v) is 18.7. The predicted molar refractivity (Wildman–Crippen MR) is 232 cm³/mol. The van der Waals surface area contributed by atoms with E-state index in [9.17, 15) is 0 Å². The van der Waals surface area contributed by atoms with Crippen molar-refractivity contribution in [3.8, 4) is 66.8 Å². The molecule has 0 radical (unpaired) electrons. The van der Waals surface area contributed by atoms with Gasteiger partial charge in [0, 0.05) is 0 Å². The SMILES string of the molecule is c1ccc(-c2cccc(-c3ccc(-c4ccc(-c5ccc6ccccc6c5)cc4)cc3-c3c4ccccc4c(-c4ccccc4)c4ccccc34)c2)cc1. The Morgan fingerprint density at radius 1 is 0.185 bits per heavy atom. The third-order valence-electron chi connectivity index (χ3n) is 10.9. The molecule has 0 heteroatoms. The molecule has 0 saturated heterocycles. The van der Waals surface area contributed by atoms with Gasteiger partial charge in [-0.3, -0.25) is 0 Å². The summed E-state index contributed by atoms with van der Waals surface area (Å²) in [4.78, 5) is 0. The van der Waals surface area contributed by atoms with Gasteiger partial charge in [-0.2, -0.15) is 0 Å². The summed E-state index contributed by atoms with van der Waals surface area (Å²) in [6.45, 7) is 0. The maximum absolute atomic E-state index is 2.42. The largest absolute Gasteiger partial charge is 0.0622 e. The molecule has 0 amide bonds. The van der Waals surface area contributed by atoms with E-state index in [0.717, 1.165) is 0 Å². The van der Waals surface area contributed by atoms with E-state index in [4.69, 9.17) is 0 Å². The summed E-state index contributed by atoms with van der Waals surface area (Å²) in [5.41, 5.74) is 14.7. The van der Waals surface area contributed by atoms with E-state index >= 15 is 0 Å². The van der Waals surface area contributed by atoms with Gasteiger partial charge in [0.15, 0.2) is 0 Å². The molecule has 0 aliphatic carbocycles. The van der Waals surface area contributed by atoms with Crippen molar-refractivity contribution in [3.63, 3.8) is 0 Å². The molecule has 10 rings (SSSR count). The van der Waals surface area contributed by atoms with Crippen LogP contribution in [-0.4, -0.2) is 0 Å². The van der Waals surface area contributed by atoms with Gasteiger partial charge in [0.25, 0.3) is 0 Å². The van der Waals surface area contributed by atoms with Crippen molar-refractivity contribution in [2.75, 3.05) is 0 Å². The maximum atomic E-state index is 2.42. The van der Waals surface area contributed by atoms with Gasteiger partial charge < -0.3 is 0 Å². The van der Waals surface area contributed by atoms with Crippen molar-refractivity contribution in [2.24, 2.45) is 0 Å². The summed E-state index contributed by atoms with van der Waals surface area (Å²) in [6.07, 6.45) is 0. The average Bonchev–Trinajstić information content (AvgIpc) is 3.26. The Morgan fingerprint density at radius 2 is 0.611 bits per heavy atom. The van der Waals surface area contributed by atoms with Gasteiger partial charge in [0.1, 0.15) is 0 Å². The third kappa shape index (κ3) is 5.66. The molecule has 0 fully saturated rings. The lowest BCUT2D eigenvalue weighted by atomic mass is 9.82. The molecule has 0 spiro atoms. The molecule has 0 nitrogen and oxygen atoms in total. The molecule has 54 heavy (non-hydrogen) atoms. The van der Waals surface area contributed by atoms with Crippen LogP contribution < -0.4 is 0 Å². The van der Waals surface area contributed by atoms with Gasteiger partial charge in [0.05, 0.1) is 0 Å². The Hall–Kier alpha value is -7.02. The van der Waals surface area contributed by atoms with Gasteiger partial charge in [0.2, 0.25) is 0 Å². The Labute approximate surface area is 316 Å². The van der Waals surface area contributed by atoms with E-state index in [1.165, 1.54) is 99.1 Å². The Kier molecular flexibility index (Phi) is 7.93. The maximum Gasteiger partial charge on any atom is -0.00199 e. The Bertz CT molecular complexity index is 2900. The Morgan fingerprint density at radius 3 is 1.26 bits per heavy atom. The summed E-state index contributed by atoms with van der Waals surface area (Å²) in [6, 6.07) is 79.8. The second-order valence-corrected chi connectivity index (χ2v) is 14.1. The molecule has 0 bridgehead atoms. The molecule has 0 aliphatic rings. The van der Waals surface area contributed by atoms with Crippen molar-refractivity contribution >= 4 is 32.3 Å². The highest BCUT2D eigenvalue weighted by Crippen LogP contribution is 2.47. The molecule has 0 atom stereocenters. The fourth-order valence-electron chi connectivity index (χ4n) is 8.24. The van der Waals surface area contributed by atoms with Gasteiger partial charge in [-0.25, -0.2) is 0 Å². The lowest BCUT2D eigenvalue weighted by Crippen LogP contribution is -1.94. The monoisotopic (exact) mass is 684 g/mol. The molecule has 10 aromatic carbocycles. The van der Waals surface area contributed by atoms with Crippen molar-refractivity contribution in [2.45, 2.75) is 0 Å². The van der Waals surface area contributed by atoms with Crippen molar-refractivity contribution in [3.05, 3.63) is 218 Å². The van der Waals surface area contributed by atoms with Gasteiger partial charge in [-0.15, -0.1) is 0 Å². The molecule has 252 valence electrons. The summed E-state index contributed by atoms with van der Waals surface area (Å²) in [5, 5.41) is 7.53. The van der Waals surface area contributed by atoms with E-state index in [2.05, 4.69) is 218 Å². The summed E-state index contributed by atoms with van der Waals surface area (Å²) < 4.78 is 0. The second-order valence-electron chi connectivity index (χ2n) is 14.1.